The van der Waals surface area contributed by atoms with Gasteiger partial charge in [-0.05, 0) is 43.9 Å². The second kappa shape index (κ2) is 8.61. The summed E-state index contributed by atoms with van der Waals surface area (Å²) in [7, 11) is 0. The van der Waals surface area contributed by atoms with E-state index in [1.807, 2.05) is 54.4 Å². The first-order valence-electron chi connectivity index (χ1n) is 9.86. The first-order valence-corrected chi connectivity index (χ1v) is 10.7. The highest BCUT2D eigenvalue weighted by Gasteiger charge is 2.30. The van der Waals surface area contributed by atoms with E-state index in [-0.39, 0.29) is 24.4 Å². The van der Waals surface area contributed by atoms with E-state index < -0.39 is 0 Å². The molecule has 0 spiro atoms. The Hall–Kier alpha value is -2.93. The van der Waals surface area contributed by atoms with Crippen molar-refractivity contribution in [2.75, 3.05) is 13.1 Å². The van der Waals surface area contributed by atoms with Crippen molar-refractivity contribution in [1.29, 1.82) is 0 Å². The first kappa shape index (κ1) is 19.4. The van der Waals surface area contributed by atoms with Gasteiger partial charge in [0, 0.05) is 11.4 Å². The maximum atomic E-state index is 12.9. The number of imidazole rings is 1. The highest BCUT2D eigenvalue weighted by atomic mass is 32.1. The number of hydrogen-bond acceptors (Lipinski definition) is 4. The van der Waals surface area contributed by atoms with Gasteiger partial charge < -0.3 is 15.2 Å². The fourth-order valence-corrected chi connectivity index (χ4v) is 4.47. The van der Waals surface area contributed by atoms with E-state index in [4.69, 9.17) is 0 Å². The van der Waals surface area contributed by atoms with Gasteiger partial charge in [-0.3, -0.25) is 9.59 Å². The van der Waals surface area contributed by atoms with Crippen LogP contribution in [-0.4, -0.2) is 39.8 Å². The molecule has 1 aliphatic rings. The molecule has 0 saturated carbocycles. The molecular formula is C22H24N4O2S. The molecule has 29 heavy (non-hydrogen) atoms. The van der Waals surface area contributed by atoms with E-state index in [9.17, 15) is 9.59 Å². The molecule has 7 heteroatoms. The zero-order valence-corrected chi connectivity index (χ0v) is 17.2. The molecule has 2 N–H and O–H groups in total. The van der Waals surface area contributed by atoms with Crippen LogP contribution in [0.25, 0.3) is 11.3 Å². The van der Waals surface area contributed by atoms with Crippen molar-refractivity contribution in [1.82, 2.24) is 20.2 Å². The Morgan fingerprint density at radius 2 is 2.03 bits per heavy atom. The predicted octanol–water partition coefficient (Wildman–Crippen LogP) is 3.93. The number of thiophene rings is 1. The average Bonchev–Trinajstić information content (AvgIpc) is 3.42. The molecule has 0 bridgehead atoms. The third-order valence-corrected chi connectivity index (χ3v) is 6.18. The number of aryl methyl sites for hydroxylation is 1. The quantitative estimate of drug-likeness (QED) is 0.671. The first-order chi connectivity index (χ1) is 14.1. The number of amides is 2. The molecule has 150 valence electrons. The lowest BCUT2D eigenvalue weighted by Gasteiger charge is -2.34. The van der Waals surface area contributed by atoms with Gasteiger partial charge in [-0.2, -0.15) is 0 Å². The molecule has 4 rings (SSSR count). The summed E-state index contributed by atoms with van der Waals surface area (Å²) in [6.07, 6.45) is 4.71. The summed E-state index contributed by atoms with van der Waals surface area (Å²) in [5, 5.41) is 2.76. The van der Waals surface area contributed by atoms with Crippen LogP contribution >= 0.6 is 11.3 Å². The molecule has 1 fully saturated rings. The molecule has 0 aliphatic carbocycles. The zero-order chi connectivity index (χ0) is 20.2. The van der Waals surface area contributed by atoms with Crippen LogP contribution in [-0.2, 0) is 4.79 Å². The fourth-order valence-electron chi connectivity index (χ4n) is 3.69. The van der Waals surface area contributed by atoms with Crippen LogP contribution in [0.4, 0.5) is 0 Å². The summed E-state index contributed by atoms with van der Waals surface area (Å²) in [4.78, 5) is 36.6. The summed E-state index contributed by atoms with van der Waals surface area (Å²) in [6.45, 7) is 2.63. The van der Waals surface area contributed by atoms with Crippen LogP contribution in [0.3, 0.4) is 0 Å². The molecule has 3 heterocycles. The van der Waals surface area contributed by atoms with Crippen molar-refractivity contribution in [3.05, 3.63) is 64.2 Å². The lowest BCUT2D eigenvalue weighted by atomic mass is 10.0. The fraction of sp³-hybridized carbons (Fsp3) is 0.318. The van der Waals surface area contributed by atoms with Gasteiger partial charge in [0.15, 0.2) is 0 Å². The average molecular weight is 409 g/mol. The molecule has 2 amide bonds. The van der Waals surface area contributed by atoms with Crippen molar-refractivity contribution in [3.63, 3.8) is 0 Å². The van der Waals surface area contributed by atoms with Gasteiger partial charge in [-0.15, -0.1) is 11.3 Å². The highest BCUT2D eigenvalue weighted by Crippen LogP contribution is 2.30. The van der Waals surface area contributed by atoms with Gasteiger partial charge in [-0.1, -0.05) is 30.3 Å². The lowest BCUT2D eigenvalue weighted by molar-refractivity contribution is -0.134. The SMILES string of the molecule is Cc1ccc(C(=O)NCC(=O)N2CCCCC2c2ncc(-c3ccccc3)[nH]2)s1. The summed E-state index contributed by atoms with van der Waals surface area (Å²) in [5.74, 6) is 0.528. The summed E-state index contributed by atoms with van der Waals surface area (Å²) in [6, 6.07) is 13.6. The number of benzene rings is 1. The largest absolute Gasteiger partial charge is 0.342 e. The summed E-state index contributed by atoms with van der Waals surface area (Å²) >= 11 is 1.43. The molecule has 1 atom stereocenters. The van der Waals surface area contributed by atoms with Crippen LogP contribution in [0.15, 0.2) is 48.7 Å². The Labute approximate surface area is 174 Å². The van der Waals surface area contributed by atoms with Crippen molar-refractivity contribution in [2.24, 2.45) is 0 Å². The number of likely N-dealkylation sites (tertiary alicyclic amines) is 1. The third kappa shape index (κ3) is 4.40. The minimum absolute atomic E-state index is 0.00146. The topological polar surface area (TPSA) is 78.1 Å². The van der Waals surface area contributed by atoms with Gasteiger partial charge in [0.1, 0.15) is 5.82 Å². The number of nitrogens with one attached hydrogen (secondary N) is 2. The molecular weight excluding hydrogens is 384 g/mol. The Balaban J connectivity index is 1.44. The summed E-state index contributed by atoms with van der Waals surface area (Å²) < 4.78 is 0. The Morgan fingerprint density at radius 3 is 2.79 bits per heavy atom. The van der Waals surface area contributed by atoms with Gasteiger partial charge in [0.25, 0.3) is 5.91 Å². The van der Waals surface area contributed by atoms with E-state index in [0.717, 1.165) is 41.2 Å². The molecule has 1 unspecified atom stereocenters. The molecule has 2 aromatic heterocycles. The van der Waals surface area contributed by atoms with Crippen LogP contribution in [0.5, 0.6) is 0 Å². The molecule has 6 nitrogen and oxygen atoms in total. The normalized spacial score (nSPS) is 16.6. The number of piperidine rings is 1. The number of hydrogen-bond donors (Lipinski definition) is 2. The minimum Gasteiger partial charge on any atom is -0.342 e. The van der Waals surface area contributed by atoms with Gasteiger partial charge >= 0.3 is 0 Å². The number of nitrogens with zero attached hydrogens (tertiary/aromatic N) is 2. The number of aromatic amines is 1. The van der Waals surface area contributed by atoms with E-state index in [1.54, 1.807) is 6.07 Å². The number of H-pyrrole nitrogens is 1. The van der Waals surface area contributed by atoms with E-state index >= 15 is 0 Å². The van der Waals surface area contributed by atoms with Crippen molar-refractivity contribution in [3.8, 4) is 11.3 Å². The third-order valence-electron chi connectivity index (χ3n) is 5.18. The van der Waals surface area contributed by atoms with E-state index in [1.165, 1.54) is 11.3 Å². The zero-order valence-electron chi connectivity index (χ0n) is 16.4. The second-order valence-corrected chi connectivity index (χ2v) is 8.53. The Bertz CT molecular complexity index is 995. The predicted molar refractivity (Wildman–Crippen MR) is 114 cm³/mol. The Kier molecular flexibility index (Phi) is 5.76. The van der Waals surface area contributed by atoms with Gasteiger partial charge in [0.2, 0.25) is 5.91 Å². The number of aromatic nitrogens is 2. The molecule has 0 radical (unpaired) electrons. The van der Waals surface area contributed by atoms with Crippen molar-refractivity contribution < 1.29 is 9.59 Å². The summed E-state index contributed by atoms with van der Waals surface area (Å²) in [5.41, 5.74) is 2.01. The number of carbonyl (C=O) groups is 2. The van der Waals surface area contributed by atoms with Gasteiger partial charge in [-0.25, -0.2) is 4.98 Å². The number of rotatable bonds is 5. The molecule has 1 saturated heterocycles. The molecule has 3 aromatic rings. The number of carbonyl (C=O) groups excluding carboxylic acids is 2. The van der Waals surface area contributed by atoms with Crippen LogP contribution in [0.2, 0.25) is 0 Å². The minimum atomic E-state index is -0.200. The van der Waals surface area contributed by atoms with Crippen LogP contribution < -0.4 is 5.32 Å². The standard InChI is InChI=1S/C22H24N4O2S/c1-15-10-11-19(29-15)22(28)24-14-20(27)26-12-6-5-9-18(26)21-23-13-17(25-21)16-7-3-2-4-8-16/h2-4,7-8,10-11,13,18H,5-6,9,12,14H2,1H3,(H,23,25)(H,24,28). The van der Waals surface area contributed by atoms with Gasteiger partial charge in [0.05, 0.1) is 29.4 Å². The monoisotopic (exact) mass is 408 g/mol. The van der Waals surface area contributed by atoms with Crippen molar-refractivity contribution >= 4 is 23.2 Å². The van der Waals surface area contributed by atoms with Crippen LogP contribution in [0.1, 0.15) is 45.7 Å². The molecule has 1 aromatic carbocycles. The van der Waals surface area contributed by atoms with E-state index in [2.05, 4.69) is 15.3 Å². The molecule has 1 aliphatic heterocycles. The lowest BCUT2D eigenvalue weighted by Crippen LogP contribution is -2.44. The Morgan fingerprint density at radius 1 is 1.21 bits per heavy atom. The maximum absolute atomic E-state index is 12.9. The highest BCUT2D eigenvalue weighted by molar-refractivity contribution is 7.13. The second-order valence-electron chi connectivity index (χ2n) is 7.24. The maximum Gasteiger partial charge on any atom is 0.261 e. The van der Waals surface area contributed by atoms with E-state index in [0.29, 0.717) is 11.4 Å². The smallest absolute Gasteiger partial charge is 0.261 e. The van der Waals surface area contributed by atoms with Crippen LogP contribution in [0, 0.1) is 6.92 Å². The van der Waals surface area contributed by atoms with Crippen molar-refractivity contribution in [2.45, 2.75) is 32.2 Å².